The van der Waals surface area contributed by atoms with Gasteiger partial charge in [0.25, 0.3) is 0 Å². The Morgan fingerprint density at radius 2 is 1.86 bits per heavy atom. The molecule has 1 aliphatic carbocycles. The van der Waals surface area contributed by atoms with E-state index in [2.05, 4.69) is 9.97 Å². The van der Waals surface area contributed by atoms with Crippen LogP contribution in [-0.2, 0) is 6.18 Å². The summed E-state index contributed by atoms with van der Waals surface area (Å²) in [7, 11) is 0. The predicted molar refractivity (Wildman–Crippen MR) is 69.5 cm³/mol. The zero-order valence-corrected chi connectivity index (χ0v) is 11.0. The monoisotopic (exact) mass is 294 g/mol. The molecule has 0 amide bonds. The second-order valence-electron chi connectivity index (χ2n) is 5.13. The van der Waals surface area contributed by atoms with E-state index in [0.29, 0.717) is 11.3 Å². The lowest BCUT2D eigenvalue weighted by Gasteiger charge is -2.19. The van der Waals surface area contributed by atoms with Crippen molar-refractivity contribution < 1.29 is 18.3 Å². The molecule has 1 saturated carbocycles. The van der Waals surface area contributed by atoms with Gasteiger partial charge < -0.3 is 5.11 Å². The fourth-order valence-corrected chi connectivity index (χ4v) is 2.42. The molecule has 6 heteroatoms. The molecule has 1 aromatic carbocycles. The van der Waals surface area contributed by atoms with Gasteiger partial charge in [-0.15, -0.1) is 0 Å². The molecule has 0 saturated heterocycles. The van der Waals surface area contributed by atoms with Crippen LogP contribution in [0.1, 0.15) is 47.2 Å². The molecule has 110 valence electrons. The van der Waals surface area contributed by atoms with E-state index in [1.165, 1.54) is 30.7 Å². The van der Waals surface area contributed by atoms with Crippen molar-refractivity contribution in [1.82, 2.24) is 9.97 Å². The zero-order valence-electron chi connectivity index (χ0n) is 11.0. The summed E-state index contributed by atoms with van der Waals surface area (Å²) in [5, 5.41) is 10.4. The van der Waals surface area contributed by atoms with Crippen LogP contribution < -0.4 is 0 Å². The van der Waals surface area contributed by atoms with Crippen LogP contribution in [0.2, 0.25) is 0 Å². The third-order valence-corrected chi connectivity index (χ3v) is 3.59. The van der Waals surface area contributed by atoms with Gasteiger partial charge in [-0.05, 0) is 24.5 Å². The number of hydrogen-bond acceptors (Lipinski definition) is 3. The molecule has 3 rings (SSSR count). The third-order valence-electron chi connectivity index (χ3n) is 3.59. The van der Waals surface area contributed by atoms with E-state index in [-0.39, 0.29) is 11.5 Å². The van der Waals surface area contributed by atoms with Crippen LogP contribution in [0, 0.1) is 0 Å². The number of benzene rings is 1. The van der Waals surface area contributed by atoms with Crippen molar-refractivity contribution in [3.63, 3.8) is 0 Å². The quantitative estimate of drug-likeness (QED) is 0.943. The molecule has 1 N–H and O–H groups in total. The molecule has 1 atom stereocenters. The standard InChI is InChI=1S/C15H13F3N2O/c16-15(17,18)12-4-2-1-3-10(12)14(21)11-7-19-8-20-13(11)9-5-6-9/h1-4,7-9,14,21H,5-6H2. The molecule has 1 aliphatic rings. The van der Waals surface area contributed by atoms with Crippen LogP contribution in [0.25, 0.3) is 0 Å². The molecule has 1 heterocycles. The van der Waals surface area contributed by atoms with E-state index >= 15 is 0 Å². The second kappa shape index (κ2) is 5.11. The number of rotatable bonds is 3. The molecule has 1 fully saturated rings. The van der Waals surface area contributed by atoms with E-state index < -0.39 is 17.8 Å². The first-order chi connectivity index (χ1) is 9.98. The van der Waals surface area contributed by atoms with Gasteiger partial charge in [0.05, 0.1) is 11.3 Å². The Balaban J connectivity index is 2.06. The molecule has 2 aromatic rings. The van der Waals surface area contributed by atoms with Crippen molar-refractivity contribution in [1.29, 1.82) is 0 Å². The van der Waals surface area contributed by atoms with Crippen LogP contribution in [0.5, 0.6) is 0 Å². The minimum Gasteiger partial charge on any atom is -0.384 e. The normalized spacial score (nSPS) is 16.8. The Morgan fingerprint density at radius 3 is 2.52 bits per heavy atom. The fraction of sp³-hybridized carbons (Fsp3) is 0.333. The Kier molecular flexibility index (Phi) is 3.41. The molecule has 0 aliphatic heterocycles. The van der Waals surface area contributed by atoms with Gasteiger partial charge in [-0.1, -0.05) is 18.2 Å². The van der Waals surface area contributed by atoms with Crippen molar-refractivity contribution in [2.45, 2.75) is 31.0 Å². The van der Waals surface area contributed by atoms with Gasteiger partial charge in [-0.25, -0.2) is 9.97 Å². The first-order valence-electron chi connectivity index (χ1n) is 6.62. The number of hydrogen-bond donors (Lipinski definition) is 1. The van der Waals surface area contributed by atoms with E-state index in [4.69, 9.17) is 0 Å². The highest BCUT2D eigenvalue weighted by molar-refractivity contribution is 5.39. The van der Waals surface area contributed by atoms with Crippen molar-refractivity contribution in [2.75, 3.05) is 0 Å². The first kappa shape index (κ1) is 14.0. The minimum atomic E-state index is -4.51. The number of halogens is 3. The number of nitrogens with zero attached hydrogens (tertiary/aromatic N) is 2. The van der Waals surface area contributed by atoms with Crippen molar-refractivity contribution in [3.8, 4) is 0 Å². The summed E-state index contributed by atoms with van der Waals surface area (Å²) >= 11 is 0. The lowest BCUT2D eigenvalue weighted by atomic mass is 9.95. The van der Waals surface area contributed by atoms with Gasteiger partial charge in [-0.2, -0.15) is 13.2 Å². The third kappa shape index (κ3) is 2.76. The molecule has 3 nitrogen and oxygen atoms in total. The summed E-state index contributed by atoms with van der Waals surface area (Å²) < 4.78 is 39.2. The molecular weight excluding hydrogens is 281 g/mol. The van der Waals surface area contributed by atoms with Gasteiger partial charge in [0.1, 0.15) is 12.4 Å². The molecule has 1 aromatic heterocycles. The number of alkyl halides is 3. The Hall–Kier alpha value is -1.95. The summed E-state index contributed by atoms with van der Waals surface area (Å²) in [6.07, 6.45) is -1.24. The maximum Gasteiger partial charge on any atom is 0.416 e. The van der Waals surface area contributed by atoms with Gasteiger partial charge in [0.15, 0.2) is 0 Å². The second-order valence-corrected chi connectivity index (χ2v) is 5.13. The summed E-state index contributed by atoms with van der Waals surface area (Å²) in [5.74, 6) is 0.218. The highest BCUT2D eigenvalue weighted by Gasteiger charge is 2.36. The molecule has 0 radical (unpaired) electrons. The maximum absolute atomic E-state index is 13.1. The van der Waals surface area contributed by atoms with Gasteiger partial charge in [-0.3, -0.25) is 0 Å². The predicted octanol–water partition coefficient (Wildman–Crippen LogP) is 3.45. The molecule has 21 heavy (non-hydrogen) atoms. The summed E-state index contributed by atoms with van der Waals surface area (Å²) in [4.78, 5) is 7.97. The Morgan fingerprint density at radius 1 is 1.14 bits per heavy atom. The smallest absolute Gasteiger partial charge is 0.384 e. The van der Waals surface area contributed by atoms with Crippen LogP contribution >= 0.6 is 0 Å². The topological polar surface area (TPSA) is 46.0 Å². The van der Waals surface area contributed by atoms with Crippen LogP contribution in [0.15, 0.2) is 36.8 Å². The van der Waals surface area contributed by atoms with Crippen LogP contribution in [0.4, 0.5) is 13.2 Å². The average Bonchev–Trinajstić information content (AvgIpc) is 3.30. The Bertz CT molecular complexity index is 653. The molecule has 0 spiro atoms. The highest BCUT2D eigenvalue weighted by Crippen LogP contribution is 2.43. The first-order valence-corrected chi connectivity index (χ1v) is 6.62. The van der Waals surface area contributed by atoms with Gasteiger partial charge >= 0.3 is 6.18 Å². The molecule has 0 bridgehead atoms. The number of aliphatic hydroxyl groups is 1. The maximum atomic E-state index is 13.1. The summed E-state index contributed by atoms with van der Waals surface area (Å²) in [6, 6.07) is 5.05. The zero-order chi connectivity index (χ0) is 15.0. The number of aliphatic hydroxyl groups excluding tert-OH is 1. The highest BCUT2D eigenvalue weighted by atomic mass is 19.4. The lowest BCUT2D eigenvalue weighted by Crippen LogP contribution is -2.14. The van der Waals surface area contributed by atoms with E-state index in [9.17, 15) is 18.3 Å². The van der Waals surface area contributed by atoms with E-state index in [1.54, 1.807) is 0 Å². The fourth-order valence-electron chi connectivity index (χ4n) is 2.42. The van der Waals surface area contributed by atoms with E-state index in [0.717, 1.165) is 18.9 Å². The van der Waals surface area contributed by atoms with Crippen molar-refractivity contribution in [3.05, 3.63) is 59.2 Å². The largest absolute Gasteiger partial charge is 0.416 e. The molecule has 1 unspecified atom stereocenters. The summed E-state index contributed by atoms with van der Waals surface area (Å²) in [6.45, 7) is 0. The van der Waals surface area contributed by atoms with E-state index in [1.807, 2.05) is 0 Å². The van der Waals surface area contributed by atoms with Crippen molar-refractivity contribution in [2.24, 2.45) is 0 Å². The van der Waals surface area contributed by atoms with Crippen LogP contribution in [0.3, 0.4) is 0 Å². The van der Waals surface area contributed by atoms with Gasteiger partial charge in [0, 0.05) is 17.7 Å². The minimum absolute atomic E-state index is 0.165. The lowest BCUT2D eigenvalue weighted by molar-refractivity contribution is -0.139. The summed E-state index contributed by atoms with van der Waals surface area (Å²) in [5.41, 5.74) is 0.0102. The SMILES string of the molecule is OC(c1ccccc1C(F)(F)F)c1cncnc1C1CC1. The average molecular weight is 294 g/mol. The van der Waals surface area contributed by atoms with Gasteiger partial charge in [0.2, 0.25) is 0 Å². The van der Waals surface area contributed by atoms with Crippen molar-refractivity contribution >= 4 is 0 Å². The van der Waals surface area contributed by atoms with Crippen LogP contribution in [-0.4, -0.2) is 15.1 Å². The number of aromatic nitrogens is 2. The molecular formula is C15H13F3N2O. The Labute approximate surface area is 119 Å².